The minimum absolute atomic E-state index is 0.0595. The van der Waals surface area contributed by atoms with Gasteiger partial charge >= 0.3 is 0 Å². The summed E-state index contributed by atoms with van der Waals surface area (Å²) in [5, 5.41) is 29.3. The molecule has 1 amide bonds. The Morgan fingerprint density at radius 3 is 2.68 bits per heavy atom. The van der Waals surface area contributed by atoms with Gasteiger partial charge in [-0.05, 0) is 0 Å². The number of fused-ring (bicyclic) bond motifs is 1. The second-order valence-corrected chi connectivity index (χ2v) is 5.00. The fourth-order valence-electron chi connectivity index (χ4n) is 2.60. The standard InChI is InChI=1S/C12H15N5O5/c13-9-6-4(10(14)21)1-17(11(6)16-3-15-9)12-8(20)7(19)5(2-18)22-12/h1,3,5,7-8,12,18-20H,2H2,(H2,14,21)(H2,13,15,16)/t5-,7+,8+,12+/m0/s1. The summed E-state index contributed by atoms with van der Waals surface area (Å²) >= 11 is 0. The third-order valence-electron chi connectivity index (χ3n) is 3.70. The number of hydrogen-bond acceptors (Lipinski definition) is 8. The van der Waals surface area contributed by atoms with Crippen molar-refractivity contribution in [3.63, 3.8) is 0 Å². The molecule has 10 nitrogen and oxygen atoms in total. The van der Waals surface area contributed by atoms with E-state index in [1.807, 2.05) is 0 Å². The Labute approximate surface area is 123 Å². The molecule has 3 heterocycles. The van der Waals surface area contributed by atoms with Gasteiger partial charge in [0.1, 0.15) is 36.1 Å². The van der Waals surface area contributed by atoms with Crippen LogP contribution in [0.4, 0.5) is 5.82 Å². The molecule has 118 valence electrons. The van der Waals surface area contributed by atoms with Crippen molar-refractivity contribution in [2.75, 3.05) is 12.3 Å². The number of nitrogen functional groups attached to an aromatic ring is 1. The Balaban J connectivity index is 2.16. The number of carbonyl (C=O) groups is 1. The summed E-state index contributed by atoms with van der Waals surface area (Å²) in [5.41, 5.74) is 11.4. The van der Waals surface area contributed by atoms with Crippen LogP contribution in [0.3, 0.4) is 0 Å². The molecule has 0 spiro atoms. The van der Waals surface area contributed by atoms with Crippen molar-refractivity contribution in [2.45, 2.75) is 24.5 Å². The molecule has 4 atom stereocenters. The number of amides is 1. The highest BCUT2D eigenvalue weighted by atomic mass is 16.6. The minimum Gasteiger partial charge on any atom is -0.394 e. The predicted octanol–water partition coefficient (Wildman–Crippen LogP) is -2.28. The highest BCUT2D eigenvalue weighted by Crippen LogP contribution is 2.34. The van der Waals surface area contributed by atoms with Crippen LogP contribution in [0.2, 0.25) is 0 Å². The number of primary amides is 1. The van der Waals surface area contributed by atoms with Gasteiger partial charge in [0, 0.05) is 6.20 Å². The minimum atomic E-state index is -1.32. The fourth-order valence-corrected chi connectivity index (χ4v) is 2.60. The molecule has 0 unspecified atom stereocenters. The van der Waals surface area contributed by atoms with Crippen molar-refractivity contribution >= 4 is 22.8 Å². The fraction of sp³-hybridized carbons (Fsp3) is 0.417. The molecule has 2 aromatic heterocycles. The van der Waals surface area contributed by atoms with E-state index >= 15 is 0 Å². The van der Waals surface area contributed by atoms with E-state index in [0.717, 1.165) is 0 Å². The molecule has 7 N–H and O–H groups in total. The molecule has 0 radical (unpaired) electrons. The Kier molecular flexibility index (Phi) is 3.45. The van der Waals surface area contributed by atoms with Crippen molar-refractivity contribution in [2.24, 2.45) is 5.73 Å². The number of aliphatic hydroxyl groups excluding tert-OH is 3. The maximum atomic E-state index is 11.6. The first-order chi connectivity index (χ1) is 10.5. The maximum Gasteiger partial charge on any atom is 0.251 e. The molecule has 1 aliphatic rings. The molecule has 1 saturated heterocycles. The first-order valence-corrected chi connectivity index (χ1v) is 6.49. The van der Waals surface area contributed by atoms with Gasteiger partial charge in [0.15, 0.2) is 6.23 Å². The van der Waals surface area contributed by atoms with Crippen molar-refractivity contribution in [1.82, 2.24) is 14.5 Å². The van der Waals surface area contributed by atoms with E-state index < -0.39 is 37.1 Å². The average Bonchev–Trinajstić information content (AvgIpc) is 3.00. The third kappa shape index (κ3) is 2.01. The van der Waals surface area contributed by atoms with Crippen molar-refractivity contribution in [3.05, 3.63) is 18.1 Å². The zero-order valence-electron chi connectivity index (χ0n) is 11.3. The van der Waals surface area contributed by atoms with E-state index in [-0.39, 0.29) is 22.4 Å². The molecule has 1 fully saturated rings. The second-order valence-electron chi connectivity index (χ2n) is 5.00. The molecule has 10 heteroatoms. The van der Waals surface area contributed by atoms with Gasteiger partial charge in [0.25, 0.3) is 5.91 Å². The zero-order chi connectivity index (χ0) is 16.0. The molecule has 0 saturated carbocycles. The van der Waals surface area contributed by atoms with Crippen LogP contribution in [0.5, 0.6) is 0 Å². The Hall–Kier alpha value is -2.27. The first kappa shape index (κ1) is 14.7. The number of carbonyl (C=O) groups excluding carboxylic acids is 1. The van der Waals surface area contributed by atoms with Gasteiger partial charge < -0.3 is 36.1 Å². The predicted molar refractivity (Wildman–Crippen MR) is 73.5 cm³/mol. The van der Waals surface area contributed by atoms with Crippen molar-refractivity contribution in [1.29, 1.82) is 0 Å². The summed E-state index contributed by atoms with van der Waals surface area (Å²) in [6.45, 7) is -0.465. The third-order valence-corrected chi connectivity index (χ3v) is 3.70. The summed E-state index contributed by atoms with van der Waals surface area (Å²) in [5.74, 6) is -0.679. The van der Waals surface area contributed by atoms with Gasteiger partial charge in [0.2, 0.25) is 0 Å². The number of rotatable bonds is 3. The van der Waals surface area contributed by atoms with Gasteiger partial charge in [-0.15, -0.1) is 0 Å². The first-order valence-electron chi connectivity index (χ1n) is 6.49. The number of aromatic nitrogens is 3. The van der Waals surface area contributed by atoms with E-state index in [1.165, 1.54) is 17.1 Å². The molecular formula is C12H15N5O5. The van der Waals surface area contributed by atoms with Crippen LogP contribution >= 0.6 is 0 Å². The smallest absolute Gasteiger partial charge is 0.251 e. The molecule has 0 bridgehead atoms. The topological polar surface area (TPSA) is 170 Å². The van der Waals surface area contributed by atoms with E-state index in [1.54, 1.807) is 0 Å². The Morgan fingerprint density at radius 1 is 1.36 bits per heavy atom. The normalized spacial score (nSPS) is 28.3. The largest absolute Gasteiger partial charge is 0.394 e. The van der Waals surface area contributed by atoms with Crippen molar-refractivity contribution in [3.8, 4) is 0 Å². The highest BCUT2D eigenvalue weighted by Gasteiger charge is 2.44. The summed E-state index contributed by atoms with van der Waals surface area (Å²) in [6, 6.07) is 0. The SMILES string of the molecule is NC(=O)c1cn([C@@H]2O[C@@H](CO)[C@@H](O)[C@H]2O)c2ncnc(N)c12. The van der Waals surface area contributed by atoms with Gasteiger partial charge in [-0.3, -0.25) is 4.79 Å². The average molecular weight is 309 g/mol. The van der Waals surface area contributed by atoms with Gasteiger partial charge in [0.05, 0.1) is 17.6 Å². The van der Waals surface area contributed by atoms with Crippen LogP contribution in [-0.4, -0.2) is 60.7 Å². The number of nitrogens with two attached hydrogens (primary N) is 2. The number of anilines is 1. The van der Waals surface area contributed by atoms with Crippen LogP contribution in [0.15, 0.2) is 12.5 Å². The Morgan fingerprint density at radius 2 is 2.09 bits per heavy atom. The summed E-state index contributed by atoms with van der Waals surface area (Å²) in [6.07, 6.45) is -2.06. The molecule has 1 aliphatic heterocycles. The van der Waals surface area contributed by atoms with E-state index in [4.69, 9.17) is 21.3 Å². The van der Waals surface area contributed by atoms with Gasteiger partial charge in [-0.25, -0.2) is 9.97 Å². The van der Waals surface area contributed by atoms with Gasteiger partial charge in [-0.1, -0.05) is 0 Å². The number of ether oxygens (including phenoxy) is 1. The maximum absolute atomic E-state index is 11.6. The summed E-state index contributed by atoms with van der Waals surface area (Å²) in [4.78, 5) is 19.4. The molecule has 0 aliphatic carbocycles. The lowest BCUT2D eigenvalue weighted by Gasteiger charge is -2.17. The number of nitrogens with zero attached hydrogens (tertiary/aromatic N) is 3. The van der Waals surface area contributed by atoms with E-state index in [2.05, 4.69) is 9.97 Å². The van der Waals surface area contributed by atoms with E-state index in [0.29, 0.717) is 0 Å². The lowest BCUT2D eigenvalue weighted by Crippen LogP contribution is -2.33. The van der Waals surface area contributed by atoms with Crippen LogP contribution < -0.4 is 11.5 Å². The zero-order valence-corrected chi connectivity index (χ0v) is 11.3. The number of hydrogen-bond donors (Lipinski definition) is 5. The Bertz CT molecular complexity index is 732. The monoisotopic (exact) mass is 309 g/mol. The molecule has 0 aromatic carbocycles. The summed E-state index contributed by atoms with van der Waals surface area (Å²) < 4.78 is 6.77. The lowest BCUT2D eigenvalue weighted by atomic mass is 10.1. The molecule has 22 heavy (non-hydrogen) atoms. The van der Waals surface area contributed by atoms with Crippen LogP contribution in [0.25, 0.3) is 11.0 Å². The lowest BCUT2D eigenvalue weighted by molar-refractivity contribution is -0.0508. The van der Waals surface area contributed by atoms with Crippen molar-refractivity contribution < 1.29 is 24.9 Å². The molecular weight excluding hydrogens is 294 g/mol. The molecule has 3 rings (SSSR count). The summed E-state index contributed by atoms with van der Waals surface area (Å²) in [7, 11) is 0. The van der Waals surface area contributed by atoms with Gasteiger partial charge in [-0.2, -0.15) is 0 Å². The number of aliphatic hydroxyl groups is 3. The van der Waals surface area contributed by atoms with Crippen LogP contribution in [-0.2, 0) is 4.74 Å². The highest BCUT2D eigenvalue weighted by molar-refractivity contribution is 6.08. The second kappa shape index (κ2) is 5.18. The van der Waals surface area contributed by atoms with E-state index in [9.17, 15) is 15.0 Å². The van der Waals surface area contributed by atoms with Crippen LogP contribution in [0.1, 0.15) is 16.6 Å². The molecule has 2 aromatic rings. The quantitative estimate of drug-likeness (QED) is 0.422. The van der Waals surface area contributed by atoms with Crippen LogP contribution in [0, 0.1) is 0 Å².